The zero-order valence-electron chi connectivity index (χ0n) is 20.2. The van der Waals surface area contributed by atoms with Gasteiger partial charge >= 0.3 is 0 Å². The van der Waals surface area contributed by atoms with Gasteiger partial charge < -0.3 is 19.4 Å². The minimum atomic E-state index is 0.0271. The standard InChI is InChI=1S/C28H35N3O2/c1-5-6-16-32-28-26(23-18-29-24-15-11-10-14-22(23)24)30-27(25(31(28)4)17-20(2)3)33-19-21-12-8-7-9-13-21/h7-15,18,20,25,29H,5-6,16-17,19H2,1-4H3. The number of hydrogen-bond donors (Lipinski definition) is 1. The van der Waals surface area contributed by atoms with Gasteiger partial charge in [-0.3, -0.25) is 0 Å². The van der Waals surface area contributed by atoms with E-state index in [1.54, 1.807) is 0 Å². The average molecular weight is 446 g/mol. The molecule has 0 fully saturated rings. The molecule has 1 N–H and O–H groups in total. The lowest BCUT2D eigenvalue weighted by atomic mass is 10.0. The van der Waals surface area contributed by atoms with Crippen molar-refractivity contribution in [2.24, 2.45) is 10.9 Å². The fourth-order valence-electron chi connectivity index (χ4n) is 4.20. The third-order valence-corrected chi connectivity index (χ3v) is 6.00. The summed E-state index contributed by atoms with van der Waals surface area (Å²) < 4.78 is 12.7. The molecule has 0 amide bonds. The first-order valence-corrected chi connectivity index (χ1v) is 12.0. The summed E-state index contributed by atoms with van der Waals surface area (Å²) >= 11 is 0. The van der Waals surface area contributed by atoms with Gasteiger partial charge in [-0.05, 0) is 30.4 Å². The van der Waals surface area contributed by atoms with Crippen molar-refractivity contribution in [3.05, 3.63) is 77.8 Å². The quantitative estimate of drug-likeness (QED) is 0.378. The number of unbranched alkanes of at least 4 members (excludes halogenated alkanes) is 1. The van der Waals surface area contributed by atoms with E-state index in [9.17, 15) is 0 Å². The Hall–Kier alpha value is -3.21. The van der Waals surface area contributed by atoms with Crippen molar-refractivity contribution in [3.63, 3.8) is 0 Å². The predicted octanol–water partition coefficient (Wildman–Crippen LogP) is 6.59. The van der Waals surface area contributed by atoms with Gasteiger partial charge in [0, 0.05) is 29.7 Å². The second kappa shape index (κ2) is 10.6. The third-order valence-electron chi connectivity index (χ3n) is 6.00. The van der Waals surface area contributed by atoms with Crippen LogP contribution in [0.1, 0.15) is 51.2 Å². The Labute approximate surface area is 197 Å². The van der Waals surface area contributed by atoms with Crippen LogP contribution in [0.2, 0.25) is 0 Å². The molecule has 0 spiro atoms. The van der Waals surface area contributed by atoms with E-state index >= 15 is 0 Å². The number of aliphatic imine (C=N–C) groups is 1. The van der Waals surface area contributed by atoms with Gasteiger partial charge in [0.15, 0.2) is 0 Å². The molecule has 5 heteroatoms. The van der Waals surface area contributed by atoms with Crippen molar-refractivity contribution in [2.45, 2.75) is 52.7 Å². The maximum atomic E-state index is 6.38. The number of H-pyrrole nitrogens is 1. The van der Waals surface area contributed by atoms with Gasteiger partial charge in [-0.1, -0.05) is 75.7 Å². The number of hydrogen-bond acceptors (Lipinski definition) is 4. The minimum absolute atomic E-state index is 0.0271. The molecule has 0 bridgehead atoms. The first-order chi connectivity index (χ1) is 16.1. The van der Waals surface area contributed by atoms with E-state index in [4.69, 9.17) is 14.5 Å². The number of likely N-dealkylation sites (N-methyl/N-ethyl adjacent to an activating group) is 1. The molecule has 1 atom stereocenters. The highest BCUT2D eigenvalue weighted by Gasteiger charge is 2.34. The summed E-state index contributed by atoms with van der Waals surface area (Å²) in [5.74, 6) is 2.07. The van der Waals surface area contributed by atoms with E-state index in [-0.39, 0.29) is 6.04 Å². The minimum Gasteiger partial charge on any atom is -0.478 e. The summed E-state index contributed by atoms with van der Waals surface area (Å²) in [5, 5.41) is 1.13. The lowest BCUT2D eigenvalue weighted by Crippen LogP contribution is -2.43. The highest BCUT2D eigenvalue weighted by atomic mass is 16.5. The summed E-state index contributed by atoms with van der Waals surface area (Å²) in [6, 6.07) is 18.6. The van der Waals surface area contributed by atoms with Crippen LogP contribution in [0.4, 0.5) is 0 Å². The van der Waals surface area contributed by atoms with Crippen molar-refractivity contribution in [1.82, 2.24) is 9.88 Å². The summed E-state index contributed by atoms with van der Waals surface area (Å²) in [5.41, 5.74) is 4.08. The SMILES string of the molecule is CCCCOC1=C(c2c[nH]c3ccccc23)N=C(OCc2ccccc2)C(CC(C)C)N1C. The van der Waals surface area contributed by atoms with Crippen molar-refractivity contribution in [3.8, 4) is 0 Å². The largest absolute Gasteiger partial charge is 0.478 e. The smallest absolute Gasteiger partial charge is 0.217 e. The molecule has 1 unspecified atom stereocenters. The number of rotatable bonds is 9. The highest BCUT2D eigenvalue weighted by molar-refractivity contribution is 5.97. The highest BCUT2D eigenvalue weighted by Crippen LogP contribution is 2.35. The topological polar surface area (TPSA) is 49.9 Å². The molecular weight excluding hydrogens is 410 g/mol. The summed E-state index contributed by atoms with van der Waals surface area (Å²) in [6.45, 7) is 7.82. The molecule has 0 saturated carbocycles. The molecule has 0 saturated heterocycles. The maximum absolute atomic E-state index is 6.38. The van der Waals surface area contributed by atoms with Crippen LogP contribution in [-0.2, 0) is 16.1 Å². The van der Waals surface area contributed by atoms with Crippen LogP contribution in [0.5, 0.6) is 0 Å². The van der Waals surface area contributed by atoms with Crippen LogP contribution < -0.4 is 0 Å². The summed E-state index contributed by atoms with van der Waals surface area (Å²) in [6.07, 6.45) is 5.06. The van der Waals surface area contributed by atoms with E-state index in [0.717, 1.165) is 58.8 Å². The molecule has 33 heavy (non-hydrogen) atoms. The molecule has 5 nitrogen and oxygen atoms in total. The first kappa shape index (κ1) is 23.0. The van der Waals surface area contributed by atoms with Crippen LogP contribution in [0.15, 0.2) is 71.7 Å². The lowest BCUT2D eigenvalue weighted by molar-refractivity contribution is 0.0990. The Morgan fingerprint density at radius 3 is 2.55 bits per heavy atom. The van der Waals surface area contributed by atoms with Gasteiger partial charge in [0.1, 0.15) is 18.3 Å². The Morgan fingerprint density at radius 1 is 1.03 bits per heavy atom. The van der Waals surface area contributed by atoms with Crippen LogP contribution in [-0.4, -0.2) is 35.5 Å². The molecule has 1 aliphatic rings. The van der Waals surface area contributed by atoms with Gasteiger partial charge in [0.2, 0.25) is 11.8 Å². The third kappa shape index (κ3) is 5.24. The normalized spacial score (nSPS) is 16.5. The number of ether oxygens (including phenoxy) is 2. The number of nitrogens with one attached hydrogen (secondary N) is 1. The summed E-state index contributed by atoms with van der Waals surface area (Å²) in [7, 11) is 2.10. The Bertz CT molecular complexity index is 1110. The van der Waals surface area contributed by atoms with E-state index < -0.39 is 0 Å². The van der Waals surface area contributed by atoms with Crippen LogP contribution >= 0.6 is 0 Å². The van der Waals surface area contributed by atoms with Gasteiger partial charge in [-0.15, -0.1) is 0 Å². The Morgan fingerprint density at radius 2 is 1.79 bits per heavy atom. The number of benzene rings is 2. The van der Waals surface area contributed by atoms with Crippen LogP contribution in [0.3, 0.4) is 0 Å². The summed E-state index contributed by atoms with van der Waals surface area (Å²) in [4.78, 5) is 10.7. The molecule has 0 radical (unpaired) electrons. The molecule has 1 aliphatic heterocycles. The van der Waals surface area contributed by atoms with E-state index in [1.807, 2.05) is 30.5 Å². The molecule has 0 aliphatic carbocycles. The Balaban J connectivity index is 1.76. The molecular formula is C28H35N3O2. The van der Waals surface area contributed by atoms with E-state index in [1.165, 1.54) is 0 Å². The second-order valence-electron chi connectivity index (χ2n) is 9.08. The van der Waals surface area contributed by atoms with Gasteiger partial charge in [0.05, 0.1) is 6.61 Å². The average Bonchev–Trinajstić information content (AvgIpc) is 3.25. The lowest BCUT2D eigenvalue weighted by Gasteiger charge is -2.37. The monoisotopic (exact) mass is 445 g/mol. The fourth-order valence-corrected chi connectivity index (χ4v) is 4.20. The number of para-hydroxylation sites is 1. The zero-order valence-corrected chi connectivity index (χ0v) is 20.2. The van der Waals surface area contributed by atoms with Crippen molar-refractivity contribution in [2.75, 3.05) is 13.7 Å². The fraction of sp³-hybridized carbons (Fsp3) is 0.393. The maximum Gasteiger partial charge on any atom is 0.217 e. The second-order valence-corrected chi connectivity index (χ2v) is 9.08. The molecule has 1 aromatic heterocycles. The van der Waals surface area contributed by atoms with Crippen molar-refractivity contribution < 1.29 is 9.47 Å². The Kier molecular flexibility index (Phi) is 7.38. The molecule has 2 heterocycles. The van der Waals surface area contributed by atoms with Gasteiger partial charge in [-0.25, -0.2) is 4.99 Å². The number of aromatic amines is 1. The number of nitrogens with zero attached hydrogens (tertiary/aromatic N) is 2. The number of aromatic nitrogens is 1. The molecule has 4 rings (SSSR count). The van der Waals surface area contributed by atoms with Crippen LogP contribution in [0, 0.1) is 5.92 Å². The molecule has 3 aromatic rings. The van der Waals surface area contributed by atoms with E-state index in [0.29, 0.717) is 19.1 Å². The van der Waals surface area contributed by atoms with E-state index in [2.05, 4.69) is 68.0 Å². The van der Waals surface area contributed by atoms with Crippen molar-refractivity contribution >= 4 is 22.5 Å². The first-order valence-electron chi connectivity index (χ1n) is 12.0. The number of fused-ring (bicyclic) bond motifs is 1. The zero-order chi connectivity index (χ0) is 23.2. The predicted molar refractivity (Wildman–Crippen MR) is 136 cm³/mol. The van der Waals surface area contributed by atoms with Gasteiger partial charge in [0.25, 0.3) is 0 Å². The van der Waals surface area contributed by atoms with Gasteiger partial charge in [-0.2, -0.15) is 0 Å². The van der Waals surface area contributed by atoms with Crippen molar-refractivity contribution in [1.29, 1.82) is 0 Å². The van der Waals surface area contributed by atoms with Crippen LogP contribution in [0.25, 0.3) is 16.6 Å². The molecule has 2 aromatic carbocycles. The molecule has 174 valence electrons.